The molecule has 2 nitrogen and oxygen atoms in total. The molecule has 1 heterocycles. The van der Waals surface area contributed by atoms with E-state index in [1.165, 1.54) is 24.0 Å². The third kappa shape index (κ3) is 2.89. The van der Waals surface area contributed by atoms with E-state index in [4.69, 9.17) is 4.74 Å². The Labute approximate surface area is 118 Å². The molecule has 18 heavy (non-hydrogen) atoms. The zero-order valence-corrected chi connectivity index (χ0v) is 13.0. The van der Waals surface area contributed by atoms with Gasteiger partial charge in [0, 0.05) is 10.0 Å². The number of rotatable bonds is 3. The average Bonchev–Trinajstić information content (AvgIpc) is 2.38. The van der Waals surface area contributed by atoms with E-state index in [0.29, 0.717) is 11.8 Å². The van der Waals surface area contributed by atoms with Crippen LogP contribution in [-0.4, -0.2) is 20.2 Å². The number of nitrogens with one attached hydrogen (secondary N) is 1. The summed E-state index contributed by atoms with van der Waals surface area (Å²) in [6.45, 7) is 6.74. The summed E-state index contributed by atoms with van der Waals surface area (Å²) < 4.78 is 6.70. The normalized spacial score (nSPS) is 17.2. The summed E-state index contributed by atoms with van der Waals surface area (Å²) in [5.41, 5.74) is 2.85. The third-order valence-electron chi connectivity index (χ3n) is 3.72. The first-order valence-electron chi connectivity index (χ1n) is 6.71. The molecule has 0 atom stereocenters. The number of methoxy groups -OCH3 is 1. The summed E-state index contributed by atoms with van der Waals surface area (Å²) in [5, 5.41) is 3.43. The lowest BCUT2D eigenvalue weighted by atomic mass is 9.83. The molecule has 0 saturated carbocycles. The lowest BCUT2D eigenvalue weighted by Gasteiger charge is -2.27. The minimum absolute atomic E-state index is 0.498. The van der Waals surface area contributed by atoms with Crippen LogP contribution < -0.4 is 10.1 Å². The van der Waals surface area contributed by atoms with Gasteiger partial charge >= 0.3 is 0 Å². The maximum absolute atomic E-state index is 5.57. The summed E-state index contributed by atoms with van der Waals surface area (Å²) >= 11 is 3.61. The van der Waals surface area contributed by atoms with Crippen LogP contribution in [0.5, 0.6) is 5.75 Å². The molecule has 0 unspecified atom stereocenters. The third-order valence-corrected chi connectivity index (χ3v) is 4.17. The van der Waals surface area contributed by atoms with Crippen molar-refractivity contribution in [2.45, 2.75) is 38.5 Å². The molecule has 0 amide bonds. The molecule has 1 N–H and O–H groups in total. The largest absolute Gasteiger partial charge is 0.496 e. The molecule has 1 aromatic carbocycles. The van der Waals surface area contributed by atoms with Crippen LogP contribution in [0.4, 0.5) is 0 Å². The van der Waals surface area contributed by atoms with Crippen LogP contribution in [0.3, 0.4) is 0 Å². The van der Waals surface area contributed by atoms with E-state index in [2.05, 4.69) is 47.2 Å². The molecule has 0 bridgehead atoms. The minimum atomic E-state index is 0.498. The summed E-state index contributed by atoms with van der Waals surface area (Å²) in [6, 6.07) is 4.37. The van der Waals surface area contributed by atoms with Crippen LogP contribution in [0.25, 0.3) is 0 Å². The van der Waals surface area contributed by atoms with Gasteiger partial charge in [0.1, 0.15) is 5.75 Å². The van der Waals surface area contributed by atoms with Gasteiger partial charge in [0.2, 0.25) is 0 Å². The maximum atomic E-state index is 5.57. The SMILES string of the molecule is COc1cc(Br)cc(C2CCNCC2)c1C(C)C. The number of hydrogen-bond donors (Lipinski definition) is 1. The Morgan fingerprint density at radius 3 is 2.50 bits per heavy atom. The second-order valence-electron chi connectivity index (χ2n) is 5.29. The molecular weight excluding hydrogens is 290 g/mol. The fourth-order valence-corrected chi connectivity index (χ4v) is 3.33. The monoisotopic (exact) mass is 311 g/mol. The van der Waals surface area contributed by atoms with Crippen LogP contribution in [0.1, 0.15) is 49.7 Å². The summed E-state index contributed by atoms with van der Waals surface area (Å²) in [7, 11) is 1.76. The fourth-order valence-electron chi connectivity index (χ4n) is 2.87. The molecule has 0 spiro atoms. The summed E-state index contributed by atoms with van der Waals surface area (Å²) in [6.07, 6.45) is 2.44. The highest BCUT2D eigenvalue weighted by molar-refractivity contribution is 9.10. The molecule has 1 aromatic rings. The molecule has 100 valence electrons. The second-order valence-corrected chi connectivity index (χ2v) is 6.21. The van der Waals surface area contributed by atoms with Crippen LogP contribution in [0.15, 0.2) is 16.6 Å². The fraction of sp³-hybridized carbons (Fsp3) is 0.600. The Kier molecular flexibility index (Phi) is 4.68. The lowest BCUT2D eigenvalue weighted by molar-refractivity contribution is 0.402. The van der Waals surface area contributed by atoms with Gasteiger partial charge < -0.3 is 10.1 Å². The summed E-state index contributed by atoms with van der Waals surface area (Å²) in [4.78, 5) is 0. The molecule has 1 aliphatic rings. The Morgan fingerprint density at radius 2 is 1.94 bits per heavy atom. The van der Waals surface area contributed by atoms with Crippen molar-refractivity contribution in [1.82, 2.24) is 5.32 Å². The number of piperidine rings is 1. The topological polar surface area (TPSA) is 21.3 Å². The van der Waals surface area contributed by atoms with Crippen molar-refractivity contribution >= 4 is 15.9 Å². The van der Waals surface area contributed by atoms with Gasteiger partial charge in [-0.3, -0.25) is 0 Å². The molecule has 1 aliphatic heterocycles. The Hall–Kier alpha value is -0.540. The smallest absolute Gasteiger partial charge is 0.123 e. The van der Waals surface area contributed by atoms with Gasteiger partial charge in [-0.15, -0.1) is 0 Å². The van der Waals surface area contributed by atoms with Crippen molar-refractivity contribution in [2.24, 2.45) is 0 Å². The van der Waals surface area contributed by atoms with E-state index in [1.807, 2.05) is 0 Å². The van der Waals surface area contributed by atoms with Gasteiger partial charge in [0.25, 0.3) is 0 Å². The van der Waals surface area contributed by atoms with Crippen molar-refractivity contribution in [2.75, 3.05) is 20.2 Å². The van der Waals surface area contributed by atoms with Crippen LogP contribution in [0, 0.1) is 0 Å². The number of halogens is 1. The van der Waals surface area contributed by atoms with E-state index < -0.39 is 0 Å². The van der Waals surface area contributed by atoms with E-state index in [-0.39, 0.29) is 0 Å². The van der Waals surface area contributed by atoms with Crippen LogP contribution in [0.2, 0.25) is 0 Å². The second kappa shape index (κ2) is 6.07. The highest BCUT2D eigenvalue weighted by Crippen LogP contribution is 2.39. The van der Waals surface area contributed by atoms with Crippen LogP contribution >= 0.6 is 15.9 Å². The van der Waals surface area contributed by atoms with E-state index in [0.717, 1.165) is 23.3 Å². The van der Waals surface area contributed by atoms with Gasteiger partial charge in [0.15, 0.2) is 0 Å². The average molecular weight is 312 g/mol. The van der Waals surface area contributed by atoms with Crippen molar-refractivity contribution in [3.63, 3.8) is 0 Å². The predicted octanol–water partition coefficient (Wildman–Crippen LogP) is 4.05. The van der Waals surface area contributed by atoms with Gasteiger partial charge in [-0.1, -0.05) is 29.8 Å². The van der Waals surface area contributed by atoms with E-state index >= 15 is 0 Å². The Balaban J connectivity index is 2.45. The highest BCUT2D eigenvalue weighted by atomic mass is 79.9. The van der Waals surface area contributed by atoms with Gasteiger partial charge in [-0.25, -0.2) is 0 Å². The first kappa shape index (κ1) is 13.9. The molecule has 2 rings (SSSR count). The Morgan fingerprint density at radius 1 is 1.28 bits per heavy atom. The molecule has 1 saturated heterocycles. The molecule has 0 radical (unpaired) electrons. The highest BCUT2D eigenvalue weighted by Gasteiger charge is 2.22. The molecule has 3 heteroatoms. The van der Waals surface area contributed by atoms with E-state index in [1.54, 1.807) is 7.11 Å². The van der Waals surface area contributed by atoms with Crippen molar-refractivity contribution in [3.05, 3.63) is 27.7 Å². The van der Waals surface area contributed by atoms with Crippen LogP contribution in [-0.2, 0) is 0 Å². The Bertz CT molecular complexity index is 411. The van der Waals surface area contributed by atoms with Crippen molar-refractivity contribution in [3.8, 4) is 5.75 Å². The quantitative estimate of drug-likeness (QED) is 0.909. The zero-order valence-electron chi connectivity index (χ0n) is 11.4. The summed E-state index contributed by atoms with van der Waals surface area (Å²) in [5.74, 6) is 2.18. The maximum Gasteiger partial charge on any atom is 0.123 e. The first-order valence-corrected chi connectivity index (χ1v) is 7.50. The van der Waals surface area contributed by atoms with E-state index in [9.17, 15) is 0 Å². The molecular formula is C15H22BrNO. The number of ether oxygens (including phenoxy) is 1. The van der Waals surface area contributed by atoms with Crippen molar-refractivity contribution in [1.29, 1.82) is 0 Å². The molecule has 0 aromatic heterocycles. The van der Waals surface area contributed by atoms with Gasteiger partial charge in [0.05, 0.1) is 7.11 Å². The predicted molar refractivity (Wildman–Crippen MR) is 79.6 cm³/mol. The lowest BCUT2D eigenvalue weighted by Crippen LogP contribution is -2.27. The number of hydrogen-bond acceptors (Lipinski definition) is 2. The molecule has 0 aliphatic carbocycles. The minimum Gasteiger partial charge on any atom is -0.496 e. The van der Waals surface area contributed by atoms with Gasteiger partial charge in [-0.2, -0.15) is 0 Å². The first-order chi connectivity index (χ1) is 8.63. The molecule has 1 fully saturated rings. The standard InChI is InChI=1S/C15H22BrNO/c1-10(2)15-13(11-4-6-17-7-5-11)8-12(16)9-14(15)18-3/h8-11,17H,4-7H2,1-3H3. The zero-order chi connectivity index (χ0) is 13.1. The van der Waals surface area contributed by atoms with Crippen molar-refractivity contribution < 1.29 is 4.74 Å². The number of benzene rings is 1. The van der Waals surface area contributed by atoms with Gasteiger partial charge in [-0.05, 0) is 55.5 Å².